The van der Waals surface area contributed by atoms with Crippen molar-refractivity contribution in [3.63, 3.8) is 0 Å². The molecule has 0 radical (unpaired) electrons. The monoisotopic (exact) mass is 892 g/mol. The minimum atomic E-state index is -1.17. The summed E-state index contributed by atoms with van der Waals surface area (Å²) in [5.74, 6) is 1.59. The van der Waals surface area contributed by atoms with Gasteiger partial charge in [0, 0.05) is 51.3 Å². The van der Waals surface area contributed by atoms with E-state index in [-0.39, 0.29) is 0 Å². The molecule has 328 valence electrons. The van der Waals surface area contributed by atoms with Crippen LogP contribution in [0.25, 0.3) is 44.6 Å². The molecule has 0 aliphatic heterocycles. The summed E-state index contributed by atoms with van der Waals surface area (Å²) in [6.07, 6.45) is 7.40. The summed E-state index contributed by atoms with van der Waals surface area (Å²) in [5, 5.41) is 22.2. The van der Waals surface area contributed by atoms with Crippen LogP contribution in [-0.2, 0) is 11.5 Å². The fourth-order valence-corrected chi connectivity index (χ4v) is 8.21. The van der Waals surface area contributed by atoms with E-state index in [1.807, 2.05) is 71.8 Å². The normalized spacial score (nSPS) is 11.5. The molecule has 0 amide bonds. The quantitative estimate of drug-likeness (QED) is 0.0316. The average Bonchev–Trinajstić information content (AvgIpc) is 3.88. The van der Waals surface area contributed by atoms with Gasteiger partial charge in [-0.05, 0) is 69.0 Å². The fourth-order valence-electron chi connectivity index (χ4n) is 6.72. The Bertz CT molecular complexity index is 2460. The number of nitrogens with zero attached hydrogens (tertiary/aromatic N) is 9. The molecule has 0 unspecified atom stereocenters. The zero-order valence-corrected chi connectivity index (χ0v) is 40.3. The number of hydrogen-bond acceptors (Lipinski definition) is 13. The zero-order chi connectivity index (χ0) is 44.6. The molecule has 0 atom stereocenters. The lowest BCUT2D eigenvalue weighted by molar-refractivity contribution is 0.0898. The maximum absolute atomic E-state index is 9.91. The molecule has 1 N–H and O–H groups in total. The second kappa shape index (κ2) is 23.5. The number of likely N-dealkylation sites (N-methyl/N-ethyl adjacent to an activating group) is 2. The van der Waals surface area contributed by atoms with Gasteiger partial charge >= 0.3 is 0 Å². The smallest absolute Gasteiger partial charge is 0.189 e. The van der Waals surface area contributed by atoms with E-state index in [0.717, 1.165) is 95.7 Å². The number of ether oxygens (including phenoxy) is 3. The van der Waals surface area contributed by atoms with Gasteiger partial charge in [-0.3, -0.25) is 0 Å². The van der Waals surface area contributed by atoms with Crippen LogP contribution < -0.4 is 9.47 Å². The van der Waals surface area contributed by atoms with E-state index in [1.54, 1.807) is 6.20 Å². The number of benzene rings is 2. The largest absolute Gasteiger partial charge is 0.492 e. The van der Waals surface area contributed by atoms with Crippen LogP contribution in [0, 0.1) is 22.7 Å². The molecular weight excluding hydrogens is 833 g/mol. The third-order valence-electron chi connectivity index (χ3n) is 10.4. The van der Waals surface area contributed by atoms with Gasteiger partial charge in [-0.2, -0.15) is 10.5 Å². The molecular formula is C46H60N10O3S2Si. The molecule has 0 aliphatic rings. The number of H-pyrrole nitrogens is 1. The summed E-state index contributed by atoms with van der Waals surface area (Å²) in [4.78, 5) is 26.4. The van der Waals surface area contributed by atoms with Gasteiger partial charge in [-0.1, -0.05) is 95.1 Å². The van der Waals surface area contributed by atoms with Crippen molar-refractivity contribution in [3.05, 3.63) is 72.1 Å². The second-order valence-corrected chi connectivity index (χ2v) is 22.8. The highest BCUT2D eigenvalue weighted by Crippen LogP contribution is 2.34. The molecule has 0 saturated carbocycles. The van der Waals surface area contributed by atoms with Gasteiger partial charge in [0.25, 0.3) is 0 Å². The molecule has 0 bridgehead atoms. The zero-order valence-electron chi connectivity index (χ0n) is 37.6. The van der Waals surface area contributed by atoms with E-state index in [2.05, 4.69) is 84.2 Å². The van der Waals surface area contributed by atoms with Crippen LogP contribution in [0.4, 0.5) is 0 Å². The fraction of sp³-hybridized carbons (Fsp3) is 0.435. The average molecular weight is 893 g/mol. The lowest BCUT2D eigenvalue weighted by atomic mass is 10.1. The third-order valence-corrected chi connectivity index (χ3v) is 13.2. The first-order valence-electron chi connectivity index (χ1n) is 21.2. The molecule has 0 fully saturated rings. The Morgan fingerprint density at radius 2 is 1.24 bits per heavy atom. The SMILES string of the molecule is CCN(CC)CCOc1cccc(-c2nc(SC)nc3[nH]cc(C#N)c23)c1.CCN(CC)CCOc1cccc(-c2nc(SC)nc3c2c(C#N)cn3COCC[Si](C)(C)C)c1. The molecule has 2 aromatic carbocycles. The van der Waals surface area contributed by atoms with Gasteiger partial charge in [0.2, 0.25) is 0 Å². The standard InChI is InChI=1S/C26H37N5O2SSi.C20H23N5OS/c1-7-30(8-2)12-13-33-22-11-9-10-20(16-22)24-23-21(17-27)18-31(19-32-14-15-35(4,5)6)25(23)29-26(28-24)34-3;1-4-25(5-2)9-10-26-16-8-6-7-14(11-16)18-17-15(12-21)13-22-19(17)24-20(23-18)27-3/h9-11,16,18H,7-8,12-15,19H2,1-6H3;6-8,11,13H,4-5,9-10H2,1-3H3,(H,22,23,24). The van der Waals surface area contributed by atoms with Crippen LogP contribution in [0.15, 0.2) is 71.2 Å². The summed E-state index contributed by atoms with van der Waals surface area (Å²) in [6.45, 7) is 23.7. The first kappa shape index (κ1) is 48.1. The number of hydrogen-bond donors (Lipinski definition) is 1. The summed E-state index contributed by atoms with van der Waals surface area (Å²) >= 11 is 2.96. The number of nitriles is 2. The third kappa shape index (κ3) is 12.8. The predicted octanol–water partition coefficient (Wildman–Crippen LogP) is 9.66. The maximum Gasteiger partial charge on any atom is 0.189 e. The molecule has 6 rings (SSSR count). The Morgan fingerprint density at radius 1 is 0.710 bits per heavy atom. The van der Waals surface area contributed by atoms with Crippen molar-refractivity contribution in [1.29, 1.82) is 10.5 Å². The number of fused-ring (bicyclic) bond motifs is 2. The highest BCUT2D eigenvalue weighted by molar-refractivity contribution is 7.98. The number of rotatable bonds is 21. The van der Waals surface area contributed by atoms with E-state index in [0.29, 0.717) is 53.6 Å². The van der Waals surface area contributed by atoms with Crippen molar-refractivity contribution < 1.29 is 14.2 Å². The van der Waals surface area contributed by atoms with Gasteiger partial charge in [0.05, 0.1) is 33.3 Å². The number of thioether (sulfide) groups is 2. The summed E-state index contributed by atoms with van der Waals surface area (Å²) in [6, 6.07) is 21.4. The highest BCUT2D eigenvalue weighted by Gasteiger charge is 2.20. The maximum atomic E-state index is 9.91. The second-order valence-electron chi connectivity index (χ2n) is 15.6. The Labute approximate surface area is 376 Å². The highest BCUT2D eigenvalue weighted by atomic mass is 32.2. The van der Waals surface area contributed by atoms with E-state index in [4.69, 9.17) is 24.2 Å². The van der Waals surface area contributed by atoms with Crippen molar-refractivity contribution in [3.8, 4) is 46.2 Å². The van der Waals surface area contributed by atoms with Crippen molar-refractivity contribution in [1.82, 2.24) is 39.3 Å². The first-order chi connectivity index (χ1) is 30.0. The lowest BCUT2D eigenvalue weighted by Gasteiger charge is -2.18. The van der Waals surface area contributed by atoms with Crippen molar-refractivity contribution in [2.45, 2.75) is 70.4 Å². The Balaban J connectivity index is 0.000000242. The van der Waals surface area contributed by atoms with E-state index >= 15 is 0 Å². The summed E-state index contributed by atoms with van der Waals surface area (Å²) in [7, 11) is -1.17. The summed E-state index contributed by atoms with van der Waals surface area (Å²) in [5.41, 5.74) is 5.79. The van der Waals surface area contributed by atoms with Gasteiger partial charge in [-0.25, -0.2) is 19.9 Å². The molecule has 13 nitrogen and oxygen atoms in total. The van der Waals surface area contributed by atoms with Crippen LogP contribution in [-0.4, -0.2) is 119 Å². The molecule has 4 heterocycles. The van der Waals surface area contributed by atoms with Crippen molar-refractivity contribution >= 4 is 53.7 Å². The van der Waals surface area contributed by atoms with Gasteiger partial charge < -0.3 is 33.6 Å². The van der Waals surface area contributed by atoms with E-state index in [9.17, 15) is 10.5 Å². The van der Waals surface area contributed by atoms with E-state index < -0.39 is 8.07 Å². The Morgan fingerprint density at radius 3 is 1.74 bits per heavy atom. The predicted molar refractivity (Wildman–Crippen MR) is 256 cm³/mol. The molecule has 0 saturated heterocycles. The molecule has 6 aromatic rings. The topological polar surface area (TPSA) is 154 Å². The van der Waals surface area contributed by atoms with Gasteiger partial charge in [-0.15, -0.1) is 0 Å². The van der Waals surface area contributed by atoms with Gasteiger partial charge in [0.15, 0.2) is 10.3 Å². The minimum absolute atomic E-state index is 0.363. The Hall–Kier alpha value is -4.94. The molecule has 0 aliphatic carbocycles. The van der Waals surface area contributed by atoms with Crippen LogP contribution in [0.2, 0.25) is 25.7 Å². The number of nitrogens with one attached hydrogen (secondary N) is 1. The van der Waals surface area contributed by atoms with Crippen molar-refractivity contribution in [2.24, 2.45) is 0 Å². The molecule has 4 aromatic heterocycles. The lowest BCUT2D eigenvalue weighted by Crippen LogP contribution is -2.27. The Kier molecular flexibility index (Phi) is 18.2. The van der Waals surface area contributed by atoms with E-state index in [1.165, 1.54) is 23.5 Å². The van der Waals surface area contributed by atoms with Crippen LogP contribution in [0.3, 0.4) is 0 Å². The van der Waals surface area contributed by atoms with Crippen LogP contribution >= 0.6 is 23.5 Å². The first-order valence-corrected chi connectivity index (χ1v) is 27.3. The number of aromatic amines is 1. The molecule has 0 spiro atoms. The summed E-state index contributed by atoms with van der Waals surface area (Å²) < 4.78 is 19.9. The molecule has 16 heteroatoms. The minimum Gasteiger partial charge on any atom is -0.492 e. The number of aromatic nitrogens is 6. The molecule has 62 heavy (non-hydrogen) atoms. The van der Waals surface area contributed by atoms with Gasteiger partial charge in [0.1, 0.15) is 54.9 Å². The van der Waals surface area contributed by atoms with Crippen molar-refractivity contribution in [2.75, 3.05) is 71.6 Å². The van der Waals surface area contributed by atoms with Crippen LogP contribution in [0.5, 0.6) is 11.5 Å². The van der Waals surface area contributed by atoms with Crippen LogP contribution in [0.1, 0.15) is 38.8 Å².